The highest BCUT2D eigenvalue weighted by Gasteiger charge is 2.09. The average Bonchev–Trinajstić information content (AvgIpc) is 2.46. The summed E-state index contributed by atoms with van der Waals surface area (Å²) < 4.78 is 5.27. The van der Waals surface area contributed by atoms with Crippen molar-refractivity contribution < 1.29 is 9.53 Å². The lowest BCUT2D eigenvalue weighted by atomic mass is 10.2. The van der Waals surface area contributed by atoms with E-state index in [2.05, 4.69) is 37.4 Å². The molecule has 2 rings (SSSR count). The van der Waals surface area contributed by atoms with Gasteiger partial charge in [-0.05, 0) is 50.1 Å². The summed E-state index contributed by atoms with van der Waals surface area (Å²) in [4.78, 5) is 13.3. The number of carbonyl (C=O) groups excluding carboxylic acids is 1. The summed E-state index contributed by atoms with van der Waals surface area (Å²) in [6.07, 6.45) is 0. The van der Waals surface area contributed by atoms with Crippen LogP contribution in [-0.4, -0.2) is 18.8 Å². The van der Waals surface area contributed by atoms with E-state index < -0.39 is 0 Å². The largest absolute Gasteiger partial charge is 0.495 e. The molecule has 0 spiro atoms. The Labute approximate surface area is 136 Å². The third-order valence-corrected chi connectivity index (χ3v) is 4.49. The third-order valence-electron chi connectivity index (χ3n) is 3.32. The maximum Gasteiger partial charge on any atom is 0.234 e. The van der Waals surface area contributed by atoms with Gasteiger partial charge in [-0.3, -0.25) is 4.79 Å². The van der Waals surface area contributed by atoms with Gasteiger partial charge < -0.3 is 10.1 Å². The molecule has 0 radical (unpaired) electrons. The molecule has 0 aromatic heterocycles. The van der Waals surface area contributed by atoms with E-state index in [9.17, 15) is 4.79 Å². The number of methoxy groups -OCH3 is 1. The van der Waals surface area contributed by atoms with Gasteiger partial charge in [0.05, 0.1) is 18.6 Å². The fourth-order valence-corrected chi connectivity index (χ4v) is 3.02. The van der Waals surface area contributed by atoms with E-state index in [1.165, 1.54) is 11.1 Å². The van der Waals surface area contributed by atoms with Crippen molar-refractivity contribution in [2.45, 2.75) is 25.7 Å². The van der Waals surface area contributed by atoms with Crippen molar-refractivity contribution in [3.63, 3.8) is 0 Å². The van der Waals surface area contributed by atoms with Gasteiger partial charge in [0, 0.05) is 4.90 Å². The number of amides is 1. The fraction of sp³-hybridized carbons (Fsp3) is 0.278. The fourth-order valence-electron chi connectivity index (χ4n) is 2.21. The summed E-state index contributed by atoms with van der Waals surface area (Å²) in [6, 6.07) is 12.0. The number of thioether (sulfide) groups is 1. The predicted octanol–water partition coefficient (Wildman–Crippen LogP) is 4.35. The Bertz CT molecular complexity index is 683. The Morgan fingerprint density at radius 1 is 1.09 bits per heavy atom. The van der Waals surface area contributed by atoms with Crippen LogP contribution in [0.4, 0.5) is 5.69 Å². The Morgan fingerprint density at radius 2 is 1.77 bits per heavy atom. The molecule has 22 heavy (non-hydrogen) atoms. The van der Waals surface area contributed by atoms with Gasteiger partial charge in [-0.1, -0.05) is 23.8 Å². The Kier molecular flexibility index (Phi) is 5.50. The topological polar surface area (TPSA) is 38.3 Å². The number of benzene rings is 2. The van der Waals surface area contributed by atoms with Crippen molar-refractivity contribution in [1.82, 2.24) is 0 Å². The second kappa shape index (κ2) is 7.36. The van der Waals surface area contributed by atoms with E-state index in [1.54, 1.807) is 18.9 Å². The lowest BCUT2D eigenvalue weighted by molar-refractivity contribution is -0.113. The Hall–Kier alpha value is -1.94. The van der Waals surface area contributed by atoms with Gasteiger partial charge in [0.15, 0.2) is 0 Å². The van der Waals surface area contributed by atoms with E-state index in [1.807, 2.05) is 25.1 Å². The van der Waals surface area contributed by atoms with Crippen molar-refractivity contribution in [3.05, 3.63) is 53.1 Å². The summed E-state index contributed by atoms with van der Waals surface area (Å²) in [7, 11) is 1.60. The molecule has 0 bridgehead atoms. The number of hydrogen-bond acceptors (Lipinski definition) is 3. The summed E-state index contributed by atoms with van der Waals surface area (Å²) >= 11 is 1.55. The molecule has 0 aliphatic carbocycles. The second-order valence-corrected chi connectivity index (χ2v) is 6.33. The van der Waals surface area contributed by atoms with E-state index in [0.29, 0.717) is 17.2 Å². The molecule has 1 N–H and O–H groups in total. The standard InChI is InChI=1S/C18H21NO2S/c1-12-6-8-17(14(3)9-12)22-11-18(20)19-15-10-13(2)5-7-16(15)21-4/h5-10H,11H2,1-4H3,(H,19,20). The lowest BCUT2D eigenvalue weighted by Gasteiger charge is -2.11. The molecule has 2 aromatic carbocycles. The molecular weight excluding hydrogens is 294 g/mol. The second-order valence-electron chi connectivity index (χ2n) is 5.31. The molecule has 0 saturated carbocycles. The molecule has 116 valence electrons. The number of rotatable bonds is 5. The zero-order valence-corrected chi connectivity index (χ0v) is 14.2. The number of carbonyl (C=O) groups is 1. The summed E-state index contributed by atoms with van der Waals surface area (Å²) in [6.45, 7) is 6.12. The van der Waals surface area contributed by atoms with Gasteiger partial charge in [0.25, 0.3) is 0 Å². The van der Waals surface area contributed by atoms with E-state index in [0.717, 1.165) is 10.5 Å². The first-order valence-electron chi connectivity index (χ1n) is 7.14. The first kappa shape index (κ1) is 16.4. The SMILES string of the molecule is COc1ccc(C)cc1NC(=O)CSc1ccc(C)cc1C. The maximum atomic E-state index is 12.2. The molecule has 0 aliphatic rings. The minimum absolute atomic E-state index is 0.0334. The molecule has 1 amide bonds. The van der Waals surface area contributed by atoms with Crippen molar-refractivity contribution in [3.8, 4) is 5.75 Å². The van der Waals surface area contributed by atoms with Crippen LogP contribution in [0.2, 0.25) is 0 Å². The molecule has 0 unspecified atom stereocenters. The van der Waals surface area contributed by atoms with Crippen LogP contribution in [0.25, 0.3) is 0 Å². The molecule has 0 saturated heterocycles. The third kappa shape index (κ3) is 4.28. The minimum atomic E-state index is -0.0334. The van der Waals surface area contributed by atoms with Gasteiger partial charge in [-0.25, -0.2) is 0 Å². The van der Waals surface area contributed by atoms with Crippen LogP contribution in [-0.2, 0) is 4.79 Å². The monoisotopic (exact) mass is 315 g/mol. The highest BCUT2D eigenvalue weighted by molar-refractivity contribution is 8.00. The smallest absolute Gasteiger partial charge is 0.234 e. The van der Waals surface area contributed by atoms with Crippen LogP contribution in [0.3, 0.4) is 0 Å². The number of hydrogen-bond donors (Lipinski definition) is 1. The van der Waals surface area contributed by atoms with Crippen molar-refractivity contribution in [2.75, 3.05) is 18.2 Å². The first-order chi connectivity index (χ1) is 10.5. The van der Waals surface area contributed by atoms with Gasteiger partial charge in [-0.15, -0.1) is 11.8 Å². The van der Waals surface area contributed by atoms with Crippen molar-refractivity contribution in [2.24, 2.45) is 0 Å². The van der Waals surface area contributed by atoms with Gasteiger partial charge in [-0.2, -0.15) is 0 Å². The summed E-state index contributed by atoms with van der Waals surface area (Å²) in [5.41, 5.74) is 4.23. The van der Waals surface area contributed by atoms with E-state index in [-0.39, 0.29) is 5.91 Å². The van der Waals surface area contributed by atoms with Gasteiger partial charge >= 0.3 is 0 Å². The van der Waals surface area contributed by atoms with Crippen LogP contribution in [0.5, 0.6) is 5.75 Å². The zero-order chi connectivity index (χ0) is 16.1. The lowest BCUT2D eigenvalue weighted by Crippen LogP contribution is -2.14. The summed E-state index contributed by atoms with van der Waals surface area (Å²) in [5, 5.41) is 2.92. The molecule has 3 nitrogen and oxygen atoms in total. The number of nitrogens with one attached hydrogen (secondary N) is 1. The molecular formula is C18H21NO2S. The minimum Gasteiger partial charge on any atom is -0.495 e. The first-order valence-corrected chi connectivity index (χ1v) is 8.12. The molecule has 0 fully saturated rings. The molecule has 0 heterocycles. The number of ether oxygens (including phenoxy) is 1. The van der Waals surface area contributed by atoms with Crippen molar-refractivity contribution in [1.29, 1.82) is 0 Å². The number of anilines is 1. The number of aryl methyl sites for hydroxylation is 3. The van der Waals surface area contributed by atoms with Crippen LogP contribution in [0.15, 0.2) is 41.3 Å². The van der Waals surface area contributed by atoms with Crippen LogP contribution < -0.4 is 10.1 Å². The zero-order valence-electron chi connectivity index (χ0n) is 13.4. The Balaban J connectivity index is 2.00. The molecule has 0 atom stereocenters. The molecule has 4 heteroatoms. The van der Waals surface area contributed by atoms with E-state index >= 15 is 0 Å². The summed E-state index contributed by atoms with van der Waals surface area (Å²) in [5.74, 6) is 1.02. The van der Waals surface area contributed by atoms with Gasteiger partial charge in [0.1, 0.15) is 5.75 Å². The molecule has 2 aromatic rings. The van der Waals surface area contributed by atoms with Crippen LogP contribution >= 0.6 is 11.8 Å². The van der Waals surface area contributed by atoms with Crippen LogP contribution in [0, 0.1) is 20.8 Å². The average molecular weight is 315 g/mol. The maximum absolute atomic E-state index is 12.2. The quantitative estimate of drug-likeness (QED) is 0.834. The predicted molar refractivity (Wildman–Crippen MR) is 93.0 cm³/mol. The highest BCUT2D eigenvalue weighted by Crippen LogP contribution is 2.27. The van der Waals surface area contributed by atoms with E-state index in [4.69, 9.17) is 4.74 Å². The van der Waals surface area contributed by atoms with Gasteiger partial charge in [0.2, 0.25) is 5.91 Å². The normalized spacial score (nSPS) is 10.4. The molecule has 0 aliphatic heterocycles. The Morgan fingerprint density at radius 3 is 2.45 bits per heavy atom. The van der Waals surface area contributed by atoms with Crippen LogP contribution in [0.1, 0.15) is 16.7 Å². The van der Waals surface area contributed by atoms with Crippen molar-refractivity contribution >= 4 is 23.4 Å². The highest BCUT2D eigenvalue weighted by atomic mass is 32.2.